The van der Waals surface area contributed by atoms with E-state index in [9.17, 15) is 4.79 Å². The second-order valence-corrected chi connectivity index (χ2v) is 4.85. The first-order valence-corrected chi connectivity index (χ1v) is 6.97. The van der Waals surface area contributed by atoms with Crippen molar-refractivity contribution in [3.8, 4) is 0 Å². The molecule has 0 aliphatic carbocycles. The van der Waals surface area contributed by atoms with E-state index in [0.717, 1.165) is 25.9 Å². The van der Waals surface area contributed by atoms with Crippen LogP contribution in [0.5, 0.6) is 0 Å². The second kappa shape index (κ2) is 7.26. The van der Waals surface area contributed by atoms with E-state index in [4.69, 9.17) is 4.74 Å². The number of nitrogens with one attached hydrogen (secondary N) is 2. The van der Waals surface area contributed by atoms with E-state index in [1.807, 2.05) is 25.1 Å². The highest BCUT2D eigenvalue weighted by Gasteiger charge is 2.26. The number of benzene rings is 1. The number of piperidine rings is 1. The lowest BCUT2D eigenvalue weighted by atomic mass is 10.0. The molecule has 1 aliphatic heterocycles. The summed E-state index contributed by atoms with van der Waals surface area (Å²) >= 11 is 0. The monoisotopic (exact) mass is 262 g/mol. The van der Waals surface area contributed by atoms with E-state index in [-0.39, 0.29) is 12.0 Å². The molecule has 2 atom stereocenters. The van der Waals surface area contributed by atoms with Crippen LogP contribution in [0.25, 0.3) is 0 Å². The van der Waals surface area contributed by atoms with Gasteiger partial charge in [0.1, 0.15) is 6.04 Å². The van der Waals surface area contributed by atoms with E-state index < -0.39 is 0 Å². The maximum Gasteiger partial charge on any atom is 0.323 e. The Balaban J connectivity index is 1.70. The summed E-state index contributed by atoms with van der Waals surface area (Å²) in [5.74, 6) is -0.121. The molecule has 0 bridgehead atoms. The van der Waals surface area contributed by atoms with Crippen molar-refractivity contribution in [3.05, 3.63) is 35.9 Å². The summed E-state index contributed by atoms with van der Waals surface area (Å²) in [6, 6.07) is 10.6. The lowest BCUT2D eigenvalue weighted by Gasteiger charge is -2.29. The molecule has 4 nitrogen and oxygen atoms in total. The third kappa shape index (κ3) is 4.33. The summed E-state index contributed by atoms with van der Waals surface area (Å²) in [6.07, 6.45) is 1.84. The molecule has 1 heterocycles. The minimum absolute atomic E-state index is 0.121. The molecule has 2 rings (SSSR count). The zero-order valence-electron chi connectivity index (χ0n) is 11.4. The van der Waals surface area contributed by atoms with Crippen LogP contribution in [-0.4, -0.2) is 31.2 Å². The van der Waals surface area contributed by atoms with Crippen molar-refractivity contribution >= 4 is 5.97 Å². The lowest BCUT2D eigenvalue weighted by Crippen LogP contribution is -2.51. The highest BCUT2D eigenvalue weighted by molar-refractivity contribution is 5.75. The molecule has 0 saturated carbocycles. The fraction of sp³-hybridized carbons (Fsp3) is 0.533. The van der Waals surface area contributed by atoms with E-state index in [1.165, 1.54) is 5.56 Å². The fourth-order valence-corrected chi connectivity index (χ4v) is 2.33. The van der Waals surface area contributed by atoms with Gasteiger partial charge < -0.3 is 15.4 Å². The number of hydrogen-bond donors (Lipinski definition) is 2. The van der Waals surface area contributed by atoms with Crippen LogP contribution in [0.15, 0.2) is 30.3 Å². The summed E-state index contributed by atoms with van der Waals surface area (Å²) in [5, 5.41) is 6.77. The smallest absolute Gasteiger partial charge is 0.323 e. The predicted octanol–water partition coefficient (Wildman–Crippen LogP) is 1.46. The number of rotatable bonds is 5. The molecule has 1 aromatic rings. The first-order valence-electron chi connectivity index (χ1n) is 6.97. The Labute approximate surface area is 114 Å². The van der Waals surface area contributed by atoms with Gasteiger partial charge in [0.2, 0.25) is 0 Å². The van der Waals surface area contributed by atoms with Gasteiger partial charge in [-0.2, -0.15) is 0 Å². The molecular formula is C15H22N2O2. The minimum Gasteiger partial charge on any atom is -0.465 e. The summed E-state index contributed by atoms with van der Waals surface area (Å²) in [7, 11) is 0. The van der Waals surface area contributed by atoms with Crippen molar-refractivity contribution < 1.29 is 9.53 Å². The first kappa shape index (κ1) is 14.0. The van der Waals surface area contributed by atoms with Crippen molar-refractivity contribution in [2.75, 3.05) is 13.2 Å². The molecule has 4 heteroatoms. The van der Waals surface area contributed by atoms with Gasteiger partial charge in [0, 0.05) is 19.1 Å². The zero-order valence-corrected chi connectivity index (χ0v) is 11.4. The molecule has 1 unspecified atom stereocenters. The highest BCUT2D eigenvalue weighted by Crippen LogP contribution is 2.10. The van der Waals surface area contributed by atoms with Crippen LogP contribution in [0, 0.1) is 0 Å². The molecule has 1 aliphatic rings. The standard InChI is InChI=1S/C15H22N2O2/c1-2-19-15(18)14-9-8-13(11-17-14)16-10-12-6-4-3-5-7-12/h3-7,13-14,16-17H,2,8-11H2,1H3/t13?,14-/m0/s1. The first-order chi connectivity index (χ1) is 9.29. The minimum atomic E-state index is -0.130. The summed E-state index contributed by atoms with van der Waals surface area (Å²) < 4.78 is 5.02. The highest BCUT2D eigenvalue weighted by atomic mass is 16.5. The van der Waals surface area contributed by atoms with Gasteiger partial charge in [-0.1, -0.05) is 30.3 Å². The van der Waals surface area contributed by atoms with Gasteiger partial charge in [-0.15, -0.1) is 0 Å². The molecule has 1 aromatic carbocycles. The van der Waals surface area contributed by atoms with Crippen LogP contribution in [0.1, 0.15) is 25.3 Å². The Bertz CT molecular complexity index is 386. The fourth-order valence-electron chi connectivity index (χ4n) is 2.33. The van der Waals surface area contributed by atoms with Gasteiger partial charge >= 0.3 is 5.97 Å². The average Bonchev–Trinajstić information content (AvgIpc) is 2.47. The van der Waals surface area contributed by atoms with Gasteiger partial charge in [0.05, 0.1) is 6.61 Å². The van der Waals surface area contributed by atoms with Crippen molar-refractivity contribution in [2.45, 2.75) is 38.4 Å². The molecule has 104 valence electrons. The Morgan fingerprint density at radius 2 is 2.16 bits per heavy atom. The molecule has 0 spiro atoms. The molecular weight excluding hydrogens is 240 g/mol. The van der Waals surface area contributed by atoms with Crippen LogP contribution in [0.3, 0.4) is 0 Å². The topological polar surface area (TPSA) is 50.4 Å². The third-order valence-corrected chi connectivity index (χ3v) is 3.42. The number of carbonyl (C=O) groups excluding carboxylic acids is 1. The predicted molar refractivity (Wildman–Crippen MR) is 74.7 cm³/mol. The van der Waals surface area contributed by atoms with E-state index in [1.54, 1.807) is 0 Å². The number of hydrogen-bond acceptors (Lipinski definition) is 4. The molecule has 2 N–H and O–H groups in total. The largest absolute Gasteiger partial charge is 0.465 e. The van der Waals surface area contributed by atoms with E-state index in [2.05, 4.69) is 22.8 Å². The van der Waals surface area contributed by atoms with E-state index in [0.29, 0.717) is 12.6 Å². The molecule has 19 heavy (non-hydrogen) atoms. The SMILES string of the molecule is CCOC(=O)[C@@H]1CCC(NCc2ccccc2)CN1. The molecule has 0 amide bonds. The Morgan fingerprint density at radius 3 is 2.79 bits per heavy atom. The molecule has 1 fully saturated rings. The zero-order chi connectivity index (χ0) is 13.5. The Hall–Kier alpha value is -1.39. The average molecular weight is 262 g/mol. The van der Waals surface area contributed by atoms with Crippen molar-refractivity contribution in [1.29, 1.82) is 0 Å². The molecule has 1 saturated heterocycles. The van der Waals surface area contributed by atoms with Gasteiger partial charge in [-0.3, -0.25) is 4.79 Å². The molecule has 0 radical (unpaired) electrons. The molecule has 0 aromatic heterocycles. The van der Waals surface area contributed by atoms with Crippen LogP contribution in [-0.2, 0) is 16.1 Å². The maximum atomic E-state index is 11.6. The van der Waals surface area contributed by atoms with Gasteiger partial charge in [0.25, 0.3) is 0 Å². The Morgan fingerprint density at radius 1 is 1.37 bits per heavy atom. The second-order valence-electron chi connectivity index (χ2n) is 4.85. The van der Waals surface area contributed by atoms with Crippen molar-refractivity contribution in [2.24, 2.45) is 0 Å². The van der Waals surface area contributed by atoms with Crippen molar-refractivity contribution in [1.82, 2.24) is 10.6 Å². The van der Waals surface area contributed by atoms with Crippen LogP contribution >= 0.6 is 0 Å². The van der Waals surface area contributed by atoms with Crippen molar-refractivity contribution in [3.63, 3.8) is 0 Å². The number of ether oxygens (including phenoxy) is 1. The quantitative estimate of drug-likeness (QED) is 0.789. The number of esters is 1. The summed E-state index contributed by atoms with van der Waals surface area (Å²) in [5.41, 5.74) is 1.29. The van der Waals surface area contributed by atoms with E-state index >= 15 is 0 Å². The van der Waals surface area contributed by atoms with Crippen LogP contribution < -0.4 is 10.6 Å². The summed E-state index contributed by atoms with van der Waals surface area (Å²) in [4.78, 5) is 11.6. The Kier molecular flexibility index (Phi) is 5.36. The third-order valence-electron chi connectivity index (χ3n) is 3.42. The van der Waals surface area contributed by atoms with Crippen LogP contribution in [0.4, 0.5) is 0 Å². The maximum absolute atomic E-state index is 11.6. The van der Waals surface area contributed by atoms with Gasteiger partial charge in [-0.25, -0.2) is 0 Å². The normalized spacial score (nSPS) is 23.0. The van der Waals surface area contributed by atoms with Gasteiger partial charge in [-0.05, 0) is 25.3 Å². The lowest BCUT2D eigenvalue weighted by molar-refractivity contribution is -0.146. The number of carbonyl (C=O) groups is 1. The summed E-state index contributed by atoms with van der Waals surface area (Å²) in [6.45, 7) is 3.98. The van der Waals surface area contributed by atoms with Gasteiger partial charge in [0.15, 0.2) is 0 Å². The van der Waals surface area contributed by atoms with Crippen LogP contribution in [0.2, 0.25) is 0 Å².